The van der Waals surface area contributed by atoms with Crippen LogP contribution < -0.4 is 10.6 Å². The molecule has 2 aromatic rings. The fourth-order valence-corrected chi connectivity index (χ4v) is 9.04. The van der Waals surface area contributed by atoms with Crippen molar-refractivity contribution >= 4 is 21.8 Å². The van der Waals surface area contributed by atoms with Crippen LogP contribution in [0.4, 0.5) is 17.6 Å². The van der Waals surface area contributed by atoms with E-state index in [1.807, 2.05) is 6.92 Å². The molecule has 1 amide bonds. The lowest BCUT2D eigenvalue weighted by Crippen LogP contribution is -2.79. The second-order valence-corrected chi connectivity index (χ2v) is 14.9. The van der Waals surface area contributed by atoms with E-state index in [0.717, 1.165) is 37.1 Å². The smallest absolute Gasteiger partial charge is 0.358 e. The van der Waals surface area contributed by atoms with E-state index in [0.29, 0.717) is 43.1 Å². The number of hydrogen-bond acceptors (Lipinski definition) is 5. The molecule has 12 heteroatoms. The number of hydrogen-bond donors (Lipinski definition) is 2. The summed E-state index contributed by atoms with van der Waals surface area (Å²) in [6.45, 7) is 2.64. The summed E-state index contributed by atoms with van der Waals surface area (Å²) in [6.07, 6.45) is 2.78. The summed E-state index contributed by atoms with van der Waals surface area (Å²) in [6, 6.07) is 9.01. The van der Waals surface area contributed by atoms with Crippen LogP contribution in [0.2, 0.25) is 0 Å². The molecule has 0 unspecified atom stereocenters. The zero-order valence-corrected chi connectivity index (χ0v) is 24.8. The highest BCUT2D eigenvalue weighted by Crippen LogP contribution is 2.71. The number of halogens is 4. The number of amides is 1. The Morgan fingerprint density at radius 2 is 1.65 bits per heavy atom. The first kappa shape index (κ1) is 30.1. The van der Waals surface area contributed by atoms with Crippen LogP contribution in [-0.4, -0.2) is 48.6 Å². The fraction of sp³-hybridized carbons (Fsp3) is 0.548. The normalized spacial score (nSPS) is 28.9. The van der Waals surface area contributed by atoms with Crippen molar-refractivity contribution in [2.24, 2.45) is 16.3 Å². The van der Waals surface area contributed by atoms with E-state index in [4.69, 9.17) is 4.99 Å². The van der Waals surface area contributed by atoms with Gasteiger partial charge in [-0.15, -0.1) is 0 Å². The van der Waals surface area contributed by atoms with E-state index < -0.39 is 44.1 Å². The molecule has 1 atom stereocenters. The van der Waals surface area contributed by atoms with Gasteiger partial charge in [0.2, 0.25) is 15.9 Å². The molecule has 2 bridgehead atoms. The molecular weight excluding hydrogens is 584 g/mol. The number of benzene rings is 2. The summed E-state index contributed by atoms with van der Waals surface area (Å²) in [4.78, 5) is 17.8. The van der Waals surface area contributed by atoms with Crippen LogP contribution in [0.25, 0.3) is 0 Å². The molecular formula is C31H36F4N4O3S. The summed E-state index contributed by atoms with van der Waals surface area (Å²) in [5.41, 5.74) is -2.44. The van der Waals surface area contributed by atoms with Gasteiger partial charge in [-0.3, -0.25) is 9.79 Å². The number of nitrogens with zero attached hydrogens (tertiary/aromatic N) is 2. The van der Waals surface area contributed by atoms with Gasteiger partial charge in [0.25, 0.3) is 0 Å². The van der Waals surface area contributed by atoms with Crippen LogP contribution in [0.5, 0.6) is 0 Å². The Kier molecular flexibility index (Phi) is 7.39. The van der Waals surface area contributed by atoms with Gasteiger partial charge in [0.1, 0.15) is 17.2 Å². The minimum absolute atomic E-state index is 0.0851. The molecule has 4 fully saturated rings. The van der Waals surface area contributed by atoms with Gasteiger partial charge >= 0.3 is 6.18 Å². The van der Waals surface area contributed by atoms with Gasteiger partial charge in [0.05, 0.1) is 17.0 Å². The van der Waals surface area contributed by atoms with Gasteiger partial charge in [-0.2, -0.15) is 17.5 Å². The molecule has 1 heterocycles. The highest BCUT2D eigenvalue weighted by molar-refractivity contribution is 7.89. The van der Waals surface area contributed by atoms with Crippen molar-refractivity contribution in [2.75, 3.05) is 13.1 Å². The Hall–Kier alpha value is -2.99. The first-order valence-corrected chi connectivity index (χ1v) is 16.2. The third-order valence-corrected chi connectivity index (χ3v) is 11.7. The van der Waals surface area contributed by atoms with Crippen LogP contribution in [0.15, 0.2) is 58.4 Å². The third kappa shape index (κ3) is 5.45. The molecule has 232 valence electrons. The van der Waals surface area contributed by atoms with Gasteiger partial charge in [-0.25, -0.2) is 12.8 Å². The first-order chi connectivity index (χ1) is 20.2. The SMILES string of the molecule is C[C@@]1(C(=O)NCC2CCCCC2)CN=C(C23CC(N(Cc4ccc(C(F)(F)F)cc4)S(=O)(=O)c4ccc(F)cc4)(C2)C3)N1. The Morgan fingerprint density at radius 3 is 2.26 bits per heavy atom. The molecule has 4 aliphatic carbocycles. The van der Waals surface area contributed by atoms with Crippen molar-refractivity contribution in [2.45, 2.75) is 87.0 Å². The number of carbonyl (C=O) groups excluding carboxylic acids is 1. The van der Waals surface area contributed by atoms with Crippen LogP contribution in [0.3, 0.4) is 0 Å². The predicted octanol–water partition coefficient (Wildman–Crippen LogP) is 5.42. The summed E-state index contributed by atoms with van der Waals surface area (Å²) >= 11 is 0. The molecule has 43 heavy (non-hydrogen) atoms. The van der Waals surface area contributed by atoms with Gasteiger partial charge < -0.3 is 10.6 Å². The average molecular weight is 621 g/mol. The Labute approximate surface area is 249 Å². The maximum atomic E-state index is 13.9. The summed E-state index contributed by atoms with van der Waals surface area (Å²) in [7, 11) is -4.12. The van der Waals surface area contributed by atoms with Crippen LogP contribution >= 0.6 is 0 Å². The molecule has 0 spiro atoms. The highest BCUT2D eigenvalue weighted by Gasteiger charge is 2.75. The summed E-state index contributed by atoms with van der Waals surface area (Å²) < 4.78 is 82.1. The first-order valence-electron chi connectivity index (χ1n) is 14.8. The quantitative estimate of drug-likeness (QED) is 0.367. The molecule has 0 saturated heterocycles. The van der Waals surface area contributed by atoms with E-state index in [1.54, 1.807) is 0 Å². The Balaban J connectivity index is 1.17. The average Bonchev–Trinajstić information content (AvgIpc) is 3.33. The van der Waals surface area contributed by atoms with E-state index in [2.05, 4.69) is 10.6 Å². The summed E-state index contributed by atoms with van der Waals surface area (Å²) in [5, 5.41) is 6.46. The highest BCUT2D eigenvalue weighted by atomic mass is 32.2. The molecule has 2 aromatic carbocycles. The van der Waals surface area contributed by atoms with Crippen molar-refractivity contribution in [3.63, 3.8) is 0 Å². The third-order valence-electron chi connectivity index (χ3n) is 9.77. The van der Waals surface area contributed by atoms with E-state index in [-0.39, 0.29) is 23.9 Å². The van der Waals surface area contributed by atoms with Crippen LogP contribution in [0, 0.1) is 17.2 Å². The number of rotatable bonds is 9. The zero-order valence-electron chi connectivity index (χ0n) is 24.0. The number of sulfonamides is 1. The lowest BCUT2D eigenvalue weighted by molar-refractivity contribution is -0.151. The lowest BCUT2D eigenvalue weighted by Gasteiger charge is -2.73. The second kappa shape index (κ2) is 10.6. The van der Waals surface area contributed by atoms with Crippen LogP contribution in [-0.2, 0) is 27.5 Å². The fourth-order valence-electron chi connectivity index (χ4n) is 7.29. The van der Waals surface area contributed by atoms with E-state index in [9.17, 15) is 30.8 Å². The zero-order chi connectivity index (χ0) is 30.7. The van der Waals surface area contributed by atoms with Gasteiger partial charge in [-0.05, 0) is 86.9 Å². The maximum absolute atomic E-state index is 13.9. The van der Waals surface area contributed by atoms with Gasteiger partial charge in [0.15, 0.2) is 0 Å². The minimum Gasteiger partial charge on any atom is -0.358 e. The summed E-state index contributed by atoms with van der Waals surface area (Å²) in [5.74, 6) is 0.535. The monoisotopic (exact) mass is 620 g/mol. The number of alkyl halides is 3. The van der Waals surface area contributed by atoms with E-state index in [1.165, 1.54) is 47.8 Å². The second-order valence-electron chi connectivity index (χ2n) is 13.0. The van der Waals surface area contributed by atoms with Crippen molar-refractivity contribution in [1.29, 1.82) is 0 Å². The predicted molar refractivity (Wildman–Crippen MR) is 153 cm³/mol. The molecule has 7 nitrogen and oxygen atoms in total. The maximum Gasteiger partial charge on any atom is 0.416 e. The standard InChI is InChI=1S/C31H36F4N4O3S/c1-28(27(40)36-15-21-5-3-2-4-6-21)20-37-26(38-28)29-17-30(18-29,19-29)39(43(41,42)25-13-11-24(32)12-14-25)16-22-7-9-23(10-8-22)31(33,34)35/h7-14,21H,2-6,15-20H2,1H3,(H,36,40)(H,37,38)/t28-,29?,30?/m0/s1. The van der Waals surface area contributed by atoms with Crippen molar-refractivity contribution < 1.29 is 30.8 Å². The number of amidine groups is 1. The number of aliphatic imine (C=N–C) groups is 1. The van der Waals surface area contributed by atoms with E-state index >= 15 is 0 Å². The van der Waals surface area contributed by atoms with Gasteiger partial charge in [-0.1, -0.05) is 31.4 Å². The number of nitrogens with one attached hydrogen (secondary N) is 2. The van der Waals surface area contributed by atoms with Crippen molar-refractivity contribution in [3.05, 3.63) is 65.5 Å². The van der Waals surface area contributed by atoms with Crippen molar-refractivity contribution in [3.8, 4) is 0 Å². The number of carbonyl (C=O) groups is 1. The molecule has 0 radical (unpaired) electrons. The topological polar surface area (TPSA) is 90.9 Å². The molecule has 0 aromatic heterocycles. The molecule has 2 N–H and O–H groups in total. The molecule has 1 aliphatic heterocycles. The molecule has 7 rings (SSSR count). The van der Waals surface area contributed by atoms with Crippen LogP contribution in [0.1, 0.15) is 69.4 Å². The van der Waals surface area contributed by atoms with Gasteiger partial charge in [0, 0.05) is 24.0 Å². The van der Waals surface area contributed by atoms with Crippen molar-refractivity contribution in [1.82, 2.24) is 14.9 Å². The molecule has 5 aliphatic rings. The largest absolute Gasteiger partial charge is 0.416 e. The Bertz CT molecular complexity index is 1500. The minimum atomic E-state index is -4.51. The molecule has 4 saturated carbocycles. The lowest BCUT2D eigenvalue weighted by atomic mass is 9.38. The Morgan fingerprint density at radius 1 is 1.02 bits per heavy atom.